The molecule has 2 heterocycles. The van der Waals surface area contributed by atoms with Crippen LogP contribution in [0.4, 0.5) is 10.7 Å². The summed E-state index contributed by atoms with van der Waals surface area (Å²) in [6, 6.07) is 9.17. The predicted molar refractivity (Wildman–Crippen MR) is 86.8 cm³/mol. The summed E-state index contributed by atoms with van der Waals surface area (Å²) in [5.74, 6) is -1.65. The smallest absolute Gasteiger partial charge is 0.361 e. The van der Waals surface area contributed by atoms with E-state index in [0.29, 0.717) is 0 Å². The van der Waals surface area contributed by atoms with Crippen molar-refractivity contribution in [1.82, 2.24) is 9.59 Å². The molecule has 0 bridgehead atoms. The zero-order chi connectivity index (χ0) is 17.1. The number of benzene rings is 1. The lowest BCUT2D eigenvalue weighted by Gasteiger charge is -2.16. The zero-order valence-electron chi connectivity index (χ0n) is 12.8. The second kappa shape index (κ2) is 6.75. The van der Waals surface area contributed by atoms with Crippen LogP contribution in [-0.4, -0.2) is 41.0 Å². The van der Waals surface area contributed by atoms with Gasteiger partial charge in [-0.05, 0) is 12.1 Å². The first kappa shape index (κ1) is 16.1. The van der Waals surface area contributed by atoms with Gasteiger partial charge in [-0.2, -0.15) is 0 Å². The Morgan fingerprint density at radius 3 is 2.79 bits per heavy atom. The summed E-state index contributed by atoms with van der Waals surface area (Å²) in [6.07, 6.45) is 0.112. The molecule has 1 fully saturated rings. The van der Waals surface area contributed by atoms with Crippen molar-refractivity contribution in [2.45, 2.75) is 6.42 Å². The van der Waals surface area contributed by atoms with E-state index in [2.05, 4.69) is 19.6 Å². The van der Waals surface area contributed by atoms with Crippen LogP contribution in [0.25, 0.3) is 0 Å². The largest absolute Gasteiger partial charge is 0.464 e. The average Bonchev–Trinajstić information content (AvgIpc) is 3.21. The van der Waals surface area contributed by atoms with Gasteiger partial charge >= 0.3 is 5.97 Å². The van der Waals surface area contributed by atoms with Crippen LogP contribution in [0.15, 0.2) is 30.3 Å². The Morgan fingerprint density at radius 2 is 2.08 bits per heavy atom. The second-order valence-electron chi connectivity index (χ2n) is 5.17. The molecule has 1 saturated heterocycles. The van der Waals surface area contributed by atoms with Gasteiger partial charge in [-0.25, -0.2) is 4.79 Å². The van der Waals surface area contributed by atoms with Crippen molar-refractivity contribution in [1.29, 1.82) is 0 Å². The number of rotatable bonds is 4. The highest BCUT2D eigenvalue weighted by molar-refractivity contribution is 7.10. The molecule has 1 aromatic carbocycles. The number of hydrogen-bond acceptors (Lipinski definition) is 7. The number of hydrogen-bond donors (Lipinski definition) is 1. The molecule has 3 rings (SSSR count). The van der Waals surface area contributed by atoms with Gasteiger partial charge in [0.15, 0.2) is 5.00 Å². The summed E-state index contributed by atoms with van der Waals surface area (Å²) in [5.41, 5.74) is 0.715. The number of nitrogens with zero attached hydrogens (tertiary/aromatic N) is 3. The second-order valence-corrected chi connectivity index (χ2v) is 5.93. The third-order valence-electron chi connectivity index (χ3n) is 3.67. The van der Waals surface area contributed by atoms with Gasteiger partial charge in [0.2, 0.25) is 17.5 Å². The molecular weight excluding hydrogens is 332 g/mol. The fourth-order valence-corrected chi connectivity index (χ4v) is 3.02. The highest BCUT2D eigenvalue weighted by Gasteiger charge is 2.35. The molecule has 0 radical (unpaired) electrons. The van der Waals surface area contributed by atoms with Gasteiger partial charge in [0.25, 0.3) is 0 Å². The summed E-state index contributed by atoms with van der Waals surface area (Å²) >= 11 is 0.886. The first-order valence-corrected chi connectivity index (χ1v) is 7.94. The van der Waals surface area contributed by atoms with Gasteiger partial charge in [0.05, 0.1) is 13.0 Å². The molecular formula is C15H14N4O4S. The highest BCUT2D eigenvalue weighted by Crippen LogP contribution is 2.27. The van der Waals surface area contributed by atoms with Crippen LogP contribution in [0, 0.1) is 5.92 Å². The summed E-state index contributed by atoms with van der Waals surface area (Å²) in [7, 11) is 1.22. The Balaban J connectivity index is 1.70. The molecule has 9 heteroatoms. The Morgan fingerprint density at radius 1 is 1.33 bits per heavy atom. The fraction of sp³-hybridized carbons (Fsp3) is 0.267. The van der Waals surface area contributed by atoms with Crippen molar-refractivity contribution < 1.29 is 19.1 Å². The number of carbonyl (C=O) groups excluding carboxylic acids is 3. The molecule has 1 unspecified atom stereocenters. The van der Waals surface area contributed by atoms with E-state index < -0.39 is 11.9 Å². The van der Waals surface area contributed by atoms with E-state index in [4.69, 9.17) is 0 Å². The summed E-state index contributed by atoms with van der Waals surface area (Å²) in [5, 5.41) is 6.48. The average molecular weight is 346 g/mol. The van der Waals surface area contributed by atoms with Gasteiger partial charge in [0.1, 0.15) is 0 Å². The standard InChI is InChI=1S/C15H14N4O4S/c1-23-15(22)12-14(24-18-17-12)16-13(21)9-7-11(20)19(8-9)10-5-3-2-4-6-10/h2-6,9H,7-8H2,1H3,(H,16,21). The van der Waals surface area contributed by atoms with Gasteiger partial charge in [-0.15, -0.1) is 5.10 Å². The number of para-hydroxylation sites is 1. The van der Waals surface area contributed by atoms with Crippen LogP contribution in [0.1, 0.15) is 16.9 Å². The molecule has 0 saturated carbocycles. The maximum atomic E-state index is 12.4. The van der Waals surface area contributed by atoms with E-state index in [1.807, 2.05) is 30.3 Å². The van der Waals surface area contributed by atoms with E-state index in [1.165, 1.54) is 7.11 Å². The summed E-state index contributed by atoms with van der Waals surface area (Å²) in [4.78, 5) is 37.7. The van der Waals surface area contributed by atoms with Gasteiger partial charge in [-0.3, -0.25) is 9.59 Å². The monoisotopic (exact) mass is 346 g/mol. The highest BCUT2D eigenvalue weighted by atomic mass is 32.1. The number of esters is 1. The molecule has 1 aliphatic heterocycles. The lowest BCUT2D eigenvalue weighted by atomic mass is 10.1. The van der Waals surface area contributed by atoms with Crippen molar-refractivity contribution >= 4 is 40.0 Å². The van der Waals surface area contributed by atoms with E-state index in [0.717, 1.165) is 17.2 Å². The lowest BCUT2D eigenvalue weighted by Crippen LogP contribution is -2.28. The van der Waals surface area contributed by atoms with Crippen molar-refractivity contribution in [3.63, 3.8) is 0 Å². The first-order chi connectivity index (χ1) is 11.6. The first-order valence-electron chi connectivity index (χ1n) is 7.17. The van der Waals surface area contributed by atoms with Crippen LogP contribution in [0.5, 0.6) is 0 Å². The lowest BCUT2D eigenvalue weighted by molar-refractivity contribution is -0.122. The normalized spacial score (nSPS) is 17.0. The van der Waals surface area contributed by atoms with Crippen molar-refractivity contribution in [2.75, 3.05) is 23.9 Å². The molecule has 2 amide bonds. The van der Waals surface area contributed by atoms with Crippen molar-refractivity contribution in [3.8, 4) is 0 Å². The molecule has 0 aliphatic carbocycles. The van der Waals surface area contributed by atoms with E-state index in [9.17, 15) is 14.4 Å². The minimum absolute atomic E-state index is 0.0416. The predicted octanol–water partition coefficient (Wildman–Crippen LogP) is 1.32. The Hall–Kier alpha value is -2.81. The number of carbonyl (C=O) groups is 3. The van der Waals surface area contributed by atoms with Crippen LogP contribution >= 0.6 is 11.5 Å². The Labute approximate surface area is 141 Å². The van der Waals surface area contributed by atoms with Crippen LogP contribution in [0.2, 0.25) is 0 Å². The Bertz CT molecular complexity index is 777. The molecule has 1 aliphatic rings. The number of anilines is 2. The third-order valence-corrected chi connectivity index (χ3v) is 4.31. The topological polar surface area (TPSA) is 101 Å². The fourth-order valence-electron chi connectivity index (χ4n) is 2.46. The number of aromatic nitrogens is 2. The molecule has 1 aromatic heterocycles. The molecule has 0 spiro atoms. The molecule has 124 valence electrons. The minimum atomic E-state index is -0.674. The summed E-state index contributed by atoms with van der Waals surface area (Å²) in [6.45, 7) is 0.286. The molecule has 2 aromatic rings. The van der Waals surface area contributed by atoms with E-state index in [1.54, 1.807) is 4.90 Å². The molecule has 8 nitrogen and oxygen atoms in total. The molecule has 1 atom stereocenters. The molecule has 1 N–H and O–H groups in total. The van der Waals surface area contributed by atoms with Crippen molar-refractivity contribution in [3.05, 3.63) is 36.0 Å². The van der Waals surface area contributed by atoms with Crippen LogP contribution in [0.3, 0.4) is 0 Å². The SMILES string of the molecule is COC(=O)c1nnsc1NC(=O)C1CC(=O)N(c2ccccc2)C1. The Kier molecular flexibility index (Phi) is 4.52. The maximum absolute atomic E-state index is 12.4. The number of ether oxygens (including phenoxy) is 1. The van der Waals surface area contributed by atoms with Crippen LogP contribution in [-0.2, 0) is 14.3 Å². The van der Waals surface area contributed by atoms with Crippen LogP contribution < -0.4 is 10.2 Å². The van der Waals surface area contributed by atoms with Gasteiger partial charge in [-0.1, -0.05) is 22.7 Å². The third kappa shape index (κ3) is 3.11. The van der Waals surface area contributed by atoms with E-state index in [-0.39, 0.29) is 35.5 Å². The van der Waals surface area contributed by atoms with Gasteiger partial charge < -0.3 is 15.0 Å². The zero-order valence-corrected chi connectivity index (χ0v) is 13.6. The minimum Gasteiger partial charge on any atom is -0.464 e. The quantitative estimate of drug-likeness (QED) is 0.838. The van der Waals surface area contributed by atoms with E-state index >= 15 is 0 Å². The maximum Gasteiger partial charge on any atom is 0.361 e. The van der Waals surface area contributed by atoms with Crippen molar-refractivity contribution in [2.24, 2.45) is 5.92 Å². The van der Waals surface area contributed by atoms with Gasteiger partial charge in [0, 0.05) is 30.2 Å². The summed E-state index contributed by atoms with van der Waals surface area (Å²) < 4.78 is 8.23. The number of nitrogens with one attached hydrogen (secondary N) is 1. The molecule has 24 heavy (non-hydrogen) atoms. The number of amides is 2. The number of methoxy groups -OCH3 is 1.